The Kier molecular flexibility index (Phi) is 7.82. The van der Waals surface area contributed by atoms with Crippen LogP contribution >= 0.6 is 24.0 Å². The molecule has 7 heteroatoms. The Balaban J connectivity index is 0.00000256. The standard InChI is InChI=1S/C23H29N3O3.HI/c1-2-24-22(25-13-18(14-27)17-6-4-3-5-7-17)26-15-23(10-11-23)19-8-9-20-21(12-19)29-16-28-20;/h3-9,12,18,27H,2,10-11,13-16H2,1H3,(H2,24,25,26);1H. The van der Waals surface area contributed by atoms with E-state index in [9.17, 15) is 5.11 Å². The molecule has 4 rings (SSSR count). The number of hydrogen-bond acceptors (Lipinski definition) is 4. The highest BCUT2D eigenvalue weighted by atomic mass is 127. The molecule has 6 nitrogen and oxygen atoms in total. The molecule has 0 radical (unpaired) electrons. The minimum absolute atomic E-state index is 0. The fourth-order valence-corrected chi connectivity index (χ4v) is 3.72. The number of halogens is 1. The van der Waals surface area contributed by atoms with E-state index in [1.807, 2.05) is 36.4 Å². The summed E-state index contributed by atoms with van der Waals surface area (Å²) in [4.78, 5) is 4.86. The molecular weight excluding hydrogens is 493 g/mol. The van der Waals surface area contributed by atoms with Crippen molar-refractivity contribution in [1.29, 1.82) is 0 Å². The Morgan fingerprint density at radius 3 is 2.57 bits per heavy atom. The van der Waals surface area contributed by atoms with Gasteiger partial charge in [0, 0.05) is 24.4 Å². The van der Waals surface area contributed by atoms with Gasteiger partial charge in [0.05, 0.1) is 13.2 Å². The number of aliphatic imine (C=N–C) groups is 1. The lowest BCUT2D eigenvalue weighted by Gasteiger charge is -2.19. The molecule has 0 amide bonds. The maximum Gasteiger partial charge on any atom is 0.231 e. The molecule has 162 valence electrons. The molecule has 2 aromatic carbocycles. The van der Waals surface area contributed by atoms with Crippen LogP contribution < -0.4 is 20.1 Å². The topological polar surface area (TPSA) is 75.1 Å². The molecule has 30 heavy (non-hydrogen) atoms. The van der Waals surface area contributed by atoms with E-state index >= 15 is 0 Å². The molecule has 1 saturated carbocycles. The van der Waals surface area contributed by atoms with Gasteiger partial charge in [-0.05, 0) is 43.0 Å². The molecule has 1 heterocycles. The average molecular weight is 523 g/mol. The molecular formula is C23H30IN3O3. The number of aliphatic hydroxyl groups is 1. The third kappa shape index (κ3) is 5.18. The number of ether oxygens (including phenoxy) is 2. The summed E-state index contributed by atoms with van der Waals surface area (Å²) in [6, 6.07) is 16.3. The van der Waals surface area contributed by atoms with Crippen molar-refractivity contribution in [2.45, 2.75) is 31.1 Å². The summed E-state index contributed by atoms with van der Waals surface area (Å²) in [7, 11) is 0. The smallest absolute Gasteiger partial charge is 0.231 e. The maximum atomic E-state index is 9.79. The zero-order valence-corrected chi connectivity index (χ0v) is 19.6. The first kappa shape index (κ1) is 22.7. The molecule has 0 bridgehead atoms. The van der Waals surface area contributed by atoms with Crippen molar-refractivity contribution in [2.75, 3.05) is 33.0 Å². The first-order valence-electron chi connectivity index (χ1n) is 10.3. The predicted molar refractivity (Wildman–Crippen MR) is 129 cm³/mol. The summed E-state index contributed by atoms with van der Waals surface area (Å²) < 4.78 is 11.0. The van der Waals surface area contributed by atoms with E-state index in [0.29, 0.717) is 13.3 Å². The van der Waals surface area contributed by atoms with Crippen molar-refractivity contribution in [3.05, 3.63) is 59.7 Å². The van der Waals surface area contributed by atoms with Crippen molar-refractivity contribution in [3.8, 4) is 11.5 Å². The van der Waals surface area contributed by atoms with Gasteiger partial charge in [0.1, 0.15) is 0 Å². The Bertz CT molecular complexity index is 856. The maximum absolute atomic E-state index is 9.79. The molecule has 2 aliphatic rings. The number of guanidine groups is 1. The lowest BCUT2D eigenvalue weighted by atomic mass is 9.96. The molecule has 1 fully saturated rings. The van der Waals surface area contributed by atoms with E-state index in [0.717, 1.165) is 49.0 Å². The van der Waals surface area contributed by atoms with Crippen molar-refractivity contribution >= 4 is 29.9 Å². The lowest BCUT2D eigenvalue weighted by molar-refractivity contribution is 0.174. The SMILES string of the molecule is CCNC(=NCC1(c2ccc3c(c2)OCO3)CC1)NCC(CO)c1ccccc1.I. The van der Waals surface area contributed by atoms with Crippen LogP contribution in [-0.4, -0.2) is 44.1 Å². The van der Waals surface area contributed by atoms with Crippen molar-refractivity contribution in [3.63, 3.8) is 0 Å². The largest absolute Gasteiger partial charge is 0.454 e. The molecule has 0 saturated heterocycles. The Morgan fingerprint density at radius 1 is 1.10 bits per heavy atom. The fourth-order valence-electron chi connectivity index (χ4n) is 3.72. The number of nitrogens with one attached hydrogen (secondary N) is 2. The zero-order chi connectivity index (χ0) is 20.1. The first-order valence-corrected chi connectivity index (χ1v) is 10.3. The van der Waals surface area contributed by atoms with Crippen LogP contribution in [0.15, 0.2) is 53.5 Å². The van der Waals surface area contributed by atoms with Crippen molar-refractivity contribution < 1.29 is 14.6 Å². The normalized spacial score (nSPS) is 17.1. The van der Waals surface area contributed by atoms with Crippen LogP contribution in [0.2, 0.25) is 0 Å². The molecule has 3 N–H and O–H groups in total. The highest BCUT2D eigenvalue weighted by Gasteiger charge is 2.44. The van der Waals surface area contributed by atoms with Gasteiger partial charge in [-0.3, -0.25) is 4.99 Å². The van der Waals surface area contributed by atoms with E-state index in [-0.39, 0.29) is 41.9 Å². The molecule has 0 spiro atoms. The number of nitrogens with zero attached hydrogens (tertiary/aromatic N) is 1. The van der Waals surface area contributed by atoms with Crippen molar-refractivity contribution in [1.82, 2.24) is 10.6 Å². The van der Waals surface area contributed by atoms with E-state index in [2.05, 4.69) is 29.7 Å². The van der Waals surface area contributed by atoms with Gasteiger partial charge >= 0.3 is 0 Å². The third-order valence-electron chi connectivity index (χ3n) is 5.73. The van der Waals surface area contributed by atoms with Crippen molar-refractivity contribution in [2.24, 2.45) is 4.99 Å². The van der Waals surface area contributed by atoms with Crippen LogP contribution in [0.3, 0.4) is 0 Å². The minimum atomic E-state index is 0. The lowest BCUT2D eigenvalue weighted by Crippen LogP contribution is -2.40. The molecule has 1 aliphatic carbocycles. The van der Waals surface area contributed by atoms with E-state index < -0.39 is 0 Å². The number of fused-ring (bicyclic) bond motifs is 1. The van der Waals surface area contributed by atoms with Gasteiger partial charge in [-0.15, -0.1) is 24.0 Å². The van der Waals surface area contributed by atoms with Crippen LogP contribution in [0.4, 0.5) is 0 Å². The summed E-state index contributed by atoms with van der Waals surface area (Å²) >= 11 is 0. The minimum Gasteiger partial charge on any atom is -0.454 e. The number of rotatable bonds is 8. The van der Waals surface area contributed by atoms with Crippen LogP contribution in [0.1, 0.15) is 36.8 Å². The highest BCUT2D eigenvalue weighted by Crippen LogP contribution is 2.50. The fraction of sp³-hybridized carbons (Fsp3) is 0.435. The quantitative estimate of drug-likeness (QED) is 0.281. The monoisotopic (exact) mass is 523 g/mol. The van der Waals surface area contributed by atoms with Gasteiger partial charge < -0.3 is 25.2 Å². The highest BCUT2D eigenvalue weighted by molar-refractivity contribution is 14.0. The Hall–Kier alpha value is -2.00. The summed E-state index contributed by atoms with van der Waals surface area (Å²) in [5, 5.41) is 16.5. The Morgan fingerprint density at radius 2 is 1.87 bits per heavy atom. The second kappa shape index (κ2) is 10.3. The van der Waals surface area contributed by atoms with Gasteiger partial charge in [-0.1, -0.05) is 36.4 Å². The molecule has 1 unspecified atom stereocenters. The van der Waals surface area contributed by atoms with Gasteiger partial charge in [0.15, 0.2) is 17.5 Å². The number of benzene rings is 2. The van der Waals surface area contributed by atoms with Gasteiger partial charge in [0.2, 0.25) is 6.79 Å². The Labute approximate surface area is 195 Å². The van der Waals surface area contributed by atoms with E-state index in [1.54, 1.807) is 0 Å². The van der Waals surface area contributed by atoms with Gasteiger partial charge in [-0.25, -0.2) is 0 Å². The number of aliphatic hydroxyl groups excluding tert-OH is 1. The summed E-state index contributed by atoms with van der Waals surface area (Å²) in [5.41, 5.74) is 2.47. The summed E-state index contributed by atoms with van der Waals surface area (Å²) in [6.45, 7) is 4.59. The summed E-state index contributed by atoms with van der Waals surface area (Å²) in [6.07, 6.45) is 2.25. The van der Waals surface area contributed by atoms with Crippen LogP contribution in [0.25, 0.3) is 0 Å². The van der Waals surface area contributed by atoms with Gasteiger partial charge in [0.25, 0.3) is 0 Å². The second-order valence-electron chi connectivity index (χ2n) is 7.71. The van der Waals surface area contributed by atoms with Crippen LogP contribution in [0, 0.1) is 0 Å². The second-order valence-corrected chi connectivity index (χ2v) is 7.71. The van der Waals surface area contributed by atoms with Crippen LogP contribution in [0.5, 0.6) is 11.5 Å². The average Bonchev–Trinajstić information content (AvgIpc) is 3.41. The predicted octanol–water partition coefficient (Wildman–Crippen LogP) is 3.40. The van der Waals surface area contributed by atoms with Gasteiger partial charge in [-0.2, -0.15) is 0 Å². The molecule has 1 aliphatic heterocycles. The van der Waals surface area contributed by atoms with E-state index in [4.69, 9.17) is 14.5 Å². The van der Waals surface area contributed by atoms with E-state index in [1.165, 1.54) is 5.56 Å². The number of hydrogen-bond donors (Lipinski definition) is 3. The summed E-state index contributed by atoms with van der Waals surface area (Å²) in [5.74, 6) is 2.47. The zero-order valence-electron chi connectivity index (χ0n) is 17.3. The van der Waals surface area contributed by atoms with Crippen LogP contribution in [-0.2, 0) is 5.41 Å². The first-order chi connectivity index (χ1) is 14.2. The molecule has 1 atom stereocenters. The molecule has 0 aromatic heterocycles. The third-order valence-corrected chi connectivity index (χ3v) is 5.73. The molecule has 2 aromatic rings.